The average Bonchev–Trinajstić information content (AvgIpc) is 2.84. The fourth-order valence-corrected chi connectivity index (χ4v) is 1.75. The van der Waals surface area contributed by atoms with Gasteiger partial charge in [-0.1, -0.05) is 0 Å². The Hall–Kier alpha value is -2.37. The van der Waals surface area contributed by atoms with Crippen molar-refractivity contribution in [3.05, 3.63) is 35.9 Å². The number of hydrogen-bond acceptors (Lipinski definition) is 5. The number of aromatic nitrogens is 3. The molecule has 0 fully saturated rings. The third-order valence-corrected chi connectivity index (χ3v) is 2.73. The predicted octanol–water partition coefficient (Wildman–Crippen LogP) is 1.66. The quantitative estimate of drug-likeness (QED) is 0.653. The molecule has 0 aliphatic carbocycles. The van der Waals surface area contributed by atoms with E-state index in [2.05, 4.69) is 10.1 Å². The van der Waals surface area contributed by atoms with Crippen molar-refractivity contribution in [2.75, 3.05) is 5.73 Å². The van der Waals surface area contributed by atoms with Crippen molar-refractivity contribution in [1.82, 2.24) is 14.8 Å². The zero-order chi connectivity index (χ0) is 13.8. The Bertz CT molecular complexity index is 592. The minimum Gasteiger partial charge on any atom is -0.485 e. The summed E-state index contributed by atoms with van der Waals surface area (Å²) in [4.78, 5) is 15.6. The molecule has 19 heavy (non-hydrogen) atoms. The maximum atomic E-state index is 11.5. The Kier molecular flexibility index (Phi) is 3.79. The molecule has 0 saturated carbocycles. The molecule has 0 spiro atoms. The fraction of sp³-hybridized carbons (Fsp3) is 0.308. The van der Waals surface area contributed by atoms with Gasteiger partial charge in [0.25, 0.3) is 0 Å². The molecule has 2 N–H and O–H groups in total. The monoisotopic (exact) mass is 260 g/mol. The summed E-state index contributed by atoms with van der Waals surface area (Å²) in [6.45, 7) is 4.44. The summed E-state index contributed by atoms with van der Waals surface area (Å²) in [5, 5.41) is 4.06. The summed E-state index contributed by atoms with van der Waals surface area (Å²) in [5.74, 6) is 1.14. The number of nitrogen functional groups attached to an aromatic ring is 1. The molecule has 6 nitrogen and oxygen atoms in total. The van der Waals surface area contributed by atoms with Gasteiger partial charge in [-0.25, -0.2) is 9.67 Å². The van der Waals surface area contributed by atoms with Gasteiger partial charge >= 0.3 is 0 Å². The highest BCUT2D eigenvalue weighted by Gasteiger charge is 2.10. The molecule has 0 radical (unpaired) electrons. The molecular weight excluding hydrogens is 244 g/mol. The minimum absolute atomic E-state index is 0.0840. The number of nitrogens with zero attached hydrogens (tertiary/aromatic N) is 3. The van der Waals surface area contributed by atoms with Gasteiger partial charge in [0.1, 0.15) is 18.7 Å². The summed E-state index contributed by atoms with van der Waals surface area (Å²) >= 11 is 0. The van der Waals surface area contributed by atoms with Crippen LogP contribution in [0, 0.1) is 0 Å². The lowest BCUT2D eigenvalue weighted by Crippen LogP contribution is -2.09. The van der Waals surface area contributed by atoms with Crippen LogP contribution in [0.1, 0.15) is 30.0 Å². The van der Waals surface area contributed by atoms with E-state index in [9.17, 15) is 4.79 Å². The van der Waals surface area contributed by atoms with E-state index in [1.165, 1.54) is 13.3 Å². The molecule has 0 aliphatic heterocycles. The van der Waals surface area contributed by atoms with Gasteiger partial charge in [0.05, 0.1) is 5.56 Å². The number of carbonyl (C=O) groups excluding carboxylic acids is 1. The van der Waals surface area contributed by atoms with Crippen LogP contribution >= 0.6 is 0 Å². The molecule has 2 aromatic rings. The maximum absolute atomic E-state index is 11.5. The molecule has 0 aliphatic rings. The van der Waals surface area contributed by atoms with Gasteiger partial charge in [-0.2, -0.15) is 5.10 Å². The van der Waals surface area contributed by atoms with Crippen LogP contribution in [0.15, 0.2) is 24.5 Å². The topological polar surface area (TPSA) is 83.0 Å². The van der Waals surface area contributed by atoms with Crippen molar-refractivity contribution >= 4 is 11.5 Å². The van der Waals surface area contributed by atoms with Crippen LogP contribution in [0.5, 0.6) is 5.75 Å². The van der Waals surface area contributed by atoms with Crippen LogP contribution in [-0.4, -0.2) is 20.5 Å². The molecule has 6 heteroatoms. The summed E-state index contributed by atoms with van der Waals surface area (Å²) < 4.78 is 7.38. The summed E-state index contributed by atoms with van der Waals surface area (Å²) in [6.07, 6.45) is 1.48. The standard InChI is InChI=1S/C13H16N4O2/c1-3-17-13(15-8-16-17)7-19-12-5-4-10(14)6-11(12)9(2)18/h4-6,8H,3,7,14H2,1-2H3. The Morgan fingerprint density at radius 3 is 2.95 bits per heavy atom. The van der Waals surface area contributed by atoms with Crippen molar-refractivity contribution in [3.8, 4) is 5.75 Å². The smallest absolute Gasteiger partial charge is 0.164 e. The van der Waals surface area contributed by atoms with E-state index in [-0.39, 0.29) is 12.4 Å². The first-order valence-electron chi connectivity index (χ1n) is 6.01. The van der Waals surface area contributed by atoms with Gasteiger partial charge in [-0.15, -0.1) is 0 Å². The van der Waals surface area contributed by atoms with Gasteiger partial charge in [0, 0.05) is 12.2 Å². The van der Waals surface area contributed by atoms with Crippen LogP contribution < -0.4 is 10.5 Å². The first kappa shape index (κ1) is 13.1. The molecular formula is C13H16N4O2. The summed E-state index contributed by atoms with van der Waals surface area (Å²) in [5.41, 5.74) is 6.68. The molecule has 100 valence electrons. The number of Topliss-reactive ketones (excluding diaryl/α,β-unsaturated/α-hetero) is 1. The SMILES string of the molecule is CCn1ncnc1COc1ccc(N)cc1C(C)=O. The van der Waals surface area contributed by atoms with Crippen LogP contribution in [0.4, 0.5) is 5.69 Å². The van der Waals surface area contributed by atoms with Crippen molar-refractivity contribution in [2.24, 2.45) is 0 Å². The summed E-state index contributed by atoms with van der Waals surface area (Å²) in [6, 6.07) is 5.01. The van der Waals surface area contributed by atoms with E-state index in [1.54, 1.807) is 22.9 Å². The number of rotatable bonds is 5. The second-order valence-electron chi connectivity index (χ2n) is 4.09. The molecule has 0 atom stereocenters. The first-order chi connectivity index (χ1) is 9.11. The number of carbonyl (C=O) groups is 1. The van der Waals surface area contributed by atoms with Gasteiger partial charge in [-0.05, 0) is 32.0 Å². The number of hydrogen-bond donors (Lipinski definition) is 1. The molecule has 0 amide bonds. The Morgan fingerprint density at radius 2 is 2.26 bits per heavy atom. The lowest BCUT2D eigenvalue weighted by molar-refractivity contribution is 0.101. The number of aryl methyl sites for hydroxylation is 1. The van der Waals surface area contributed by atoms with Crippen molar-refractivity contribution < 1.29 is 9.53 Å². The van der Waals surface area contributed by atoms with Crippen molar-refractivity contribution in [2.45, 2.75) is 27.0 Å². The minimum atomic E-state index is -0.0840. The maximum Gasteiger partial charge on any atom is 0.164 e. The second kappa shape index (κ2) is 5.51. The highest BCUT2D eigenvalue weighted by Crippen LogP contribution is 2.22. The van der Waals surface area contributed by atoms with E-state index in [0.29, 0.717) is 22.8 Å². The van der Waals surface area contributed by atoms with E-state index in [0.717, 1.165) is 6.54 Å². The normalized spacial score (nSPS) is 10.4. The highest BCUT2D eigenvalue weighted by atomic mass is 16.5. The number of ether oxygens (including phenoxy) is 1. The first-order valence-corrected chi connectivity index (χ1v) is 6.01. The van der Waals surface area contributed by atoms with Crippen LogP contribution in [0.2, 0.25) is 0 Å². The molecule has 1 aromatic carbocycles. The third kappa shape index (κ3) is 2.90. The Balaban J connectivity index is 2.18. The molecule has 0 bridgehead atoms. The van der Waals surface area contributed by atoms with Gasteiger partial charge in [0.15, 0.2) is 11.6 Å². The zero-order valence-electron chi connectivity index (χ0n) is 11.0. The van der Waals surface area contributed by atoms with Gasteiger partial charge in [0.2, 0.25) is 0 Å². The number of benzene rings is 1. The van der Waals surface area contributed by atoms with Gasteiger partial charge < -0.3 is 10.5 Å². The van der Waals surface area contributed by atoms with Crippen molar-refractivity contribution in [3.63, 3.8) is 0 Å². The fourth-order valence-electron chi connectivity index (χ4n) is 1.75. The molecule has 0 unspecified atom stereocenters. The number of anilines is 1. The van der Waals surface area contributed by atoms with E-state index in [1.807, 2.05) is 6.92 Å². The molecule has 1 aromatic heterocycles. The van der Waals surface area contributed by atoms with Gasteiger partial charge in [-0.3, -0.25) is 4.79 Å². The van der Waals surface area contributed by atoms with Crippen LogP contribution in [0.3, 0.4) is 0 Å². The zero-order valence-corrected chi connectivity index (χ0v) is 11.0. The van der Waals surface area contributed by atoms with Crippen LogP contribution in [-0.2, 0) is 13.2 Å². The number of nitrogens with two attached hydrogens (primary N) is 1. The van der Waals surface area contributed by atoms with E-state index >= 15 is 0 Å². The molecule has 1 heterocycles. The molecule has 0 saturated heterocycles. The van der Waals surface area contributed by atoms with E-state index in [4.69, 9.17) is 10.5 Å². The summed E-state index contributed by atoms with van der Waals surface area (Å²) in [7, 11) is 0. The second-order valence-corrected chi connectivity index (χ2v) is 4.09. The van der Waals surface area contributed by atoms with Crippen LogP contribution in [0.25, 0.3) is 0 Å². The highest BCUT2D eigenvalue weighted by molar-refractivity contribution is 5.97. The largest absolute Gasteiger partial charge is 0.485 e. The lowest BCUT2D eigenvalue weighted by Gasteiger charge is -2.10. The Labute approximate surface area is 111 Å². The van der Waals surface area contributed by atoms with E-state index < -0.39 is 0 Å². The Morgan fingerprint density at radius 1 is 1.47 bits per heavy atom. The van der Waals surface area contributed by atoms with Crippen molar-refractivity contribution in [1.29, 1.82) is 0 Å². The predicted molar refractivity (Wildman–Crippen MR) is 70.9 cm³/mol. The third-order valence-electron chi connectivity index (χ3n) is 2.73. The lowest BCUT2D eigenvalue weighted by atomic mass is 10.1. The number of ketones is 1. The molecule has 2 rings (SSSR count). The average molecular weight is 260 g/mol.